The summed E-state index contributed by atoms with van der Waals surface area (Å²) in [5.74, 6) is 0. The molecule has 0 radical (unpaired) electrons. The maximum atomic E-state index is 12.1. The molecule has 0 aliphatic heterocycles. The van der Waals surface area contributed by atoms with E-state index in [1.807, 2.05) is 12.1 Å². The van der Waals surface area contributed by atoms with Crippen molar-refractivity contribution in [1.82, 2.24) is 14.3 Å². The lowest BCUT2D eigenvalue weighted by atomic mass is 10.2. The van der Waals surface area contributed by atoms with E-state index in [0.29, 0.717) is 6.54 Å². The van der Waals surface area contributed by atoms with Crippen molar-refractivity contribution in [3.8, 4) is 0 Å². The molecule has 0 aliphatic carbocycles. The summed E-state index contributed by atoms with van der Waals surface area (Å²) in [7, 11) is -0.366. The summed E-state index contributed by atoms with van der Waals surface area (Å²) < 4.78 is 26.3. The van der Waals surface area contributed by atoms with Gasteiger partial charge in [0.2, 0.25) is 10.0 Å². The Hall–Kier alpha value is -2.03. The zero-order valence-corrected chi connectivity index (χ0v) is 16.2. The van der Waals surface area contributed by atoms with Gasteiger partial charge in [-0.25, -0.2) is 12.7 Å². The molecule has 0 unspecified atom stereocenters. The largest absolute Gasteiger partial charge is 0.379 e. The third-order valence-electron chi connectivity index (χ3n) is 3.73. The second kappa shape index (κ2) is 7.07. The van der Waals surface area contributed by atoms with Crippen molar-refractivity contribution < 1.29 is 8.42 Å². The zero-order chi connectivity index (χ0) is 18.0. The van der Waals surface area contributed by atoms with E-state index >= 15 is 0 Å². The molecule has 0 fully saturated rings. The van der Waals surface area contributed by atoms with Crippen LogP contribution in [0.1, 0.15) is 5.56 Å². The van der Waals surface area contributed by atoms with Crippen LogP contribution in [0.3, 0.4) is 0 Å². The molecule has 1 aromatic carbocycles. The highest BCUT2D eigenvalue weighted by Crippen LogP contribution is 2.23. The van der Waals surface area contributed by atoms with E-state index in [9.17, 15) is 8.42 Å². The second-order valence-corrected chi connectivity index (χ2v) is 8.73. The fraction of sp³-hybridized carbons (Fsp3) is 0.176. The van der Waals surface area contributed by atoms with Crippen molar-refractivity contribution in [3.63, 3.8) is 0 Å². The van der Waals surface area contributed by atoms with Crippen molar-refractivity contribution in [2.75, 3.05) is 19.4 Å². The minimum atomic E-state index is -3.40. The molecule has 1 N–H and O–H groups in total. The van der Waals surface area contributed by atoms with Crippen LogP contribution in [0.25, 0.3) is 11.0 Å². The predicted molar refractivity (Wildman–Crippen MR) is 102 cm³/mol. The number of aromatic nitrogens is 2. The van der Waals surface area contributed by atoms with Crippen LogP contribution in [0.4, 0.5) is 5.69 Å². The number of fused-ring (bicyclic) bond motifs is 1. The summed E-state index contributed by atoms with van der Waals surface area (Å²) >= 11 is 3.39. The van der Waals surface area contributed by atoms with Gasteiger partial charge in [-0.05, 0) is 45.8 Å². The molecule has 3 rings (SSSR count). The number of benzene rings is 1. The number of sulfonamides is 1. The smallest absolute Gasteiger partial charge is 0.242 e. The van der Waals surface area contributed by atoms with Gasteiger partial charge in [-0.3, -0.25) is 9.97 Å². The molecule has 6 nitrogen and oxygen atoms in total. The summed E-state index contributed by atoms with van der Waals surface area (Å²) in [4.78, 5) is 8.99. The van der Waals surface area contributed by atoms with Crippen LogP contribution in [-0.4, -0.2) is 36.8 Å². The van der Waals surface area contributed by atoms with Crippen molar-refractivity contribution in [2.45, 2.75) is 11.4 Å². The highest BCUT2D eigenvalue weighted by atomic mass is 79.9. The lowest BCUT2D eigenvalue weighted by molar-refractivity contribution is 0.520. The molecule has 0 amide bonds. The Morgan fingerprint density at radius 2 is 1.84 bits per heavy atom. The number of anilines is 1. The van der Waals surface area contributed by atoms with Crippen molar-refractivity contribution in [2.24, 2.45) is 0 Å². The van der Waals surface area contributed by atoms with E-state index in [-0.39, 0.29) is 4.90 Å². The molecule has 0 saturated heterocycles. The lowest BCUT2D eigenvalue weighted by Gasteiger charge is -2.12. The first kappa shape index (κ1) is 17.8. The standard InChI is InChI=1S/C17H17BrN4O2S/c1-22(2)25(23,24)14-5-3-12(4-6-14)10-20-15-7-8-19-16-9-13(18)11-21-17(15)16/h3-9,11H,10H2,1-2H3,(H,19,20). The fourth-order valence-electron chi connectivity index (χ4n) is 2.34. The van der Waals surface area contributed by atoms with E-state index in [2.05, 4.69) is 31.2 Å². The van der Waals surface area contributed by atoms with Gasteiger partial charge in [0.25, 0.3) is 0 Å². The Balaban J connectivity index is 1.79. The Morgan fingerprint density at radius 3 is 2.52 bits per heavy atom. The van der Waals surface area contributed by atoms with Crippen LogP contribution in [0.15, 0.2) is 58.2 Å². The van der Waals surface area contributed by atoms with Crippen LogP contribution in [-0.2, 0) is 16.6 Å². The fourth-order valence-corrected chi connectivity index (χ4v) is 3.56. The summed E-state index contributed by atoms with van der Waals surface area (Å²) in [5, 5.41) is 3.33. The molecule has 0 spiro atoms. The number of nitrogens with zero attached hydrogens (tertiary/aromatic N) is 3. The zero-order valence-electron chi connectivity index (χ0n) is 13.8. The molecule has 25 heavy (non-hydrogen) atoms. The van der Waals surface area contributed by atoms with Gasteiger partial charge >= 0.3 is 0 Å². The molecule has 8 heteroatoms. The Kier molecular flexibility index (Phi) is 5.03. The van der Waals surface area contributed by atoms with E-state index in [4.69, 9.17) is 0 Å². The molecule has 0 atom stereocenters. The topological polar surface area (TPSA) is 75.2 Å². The number of pyridine rings is 2. The van der Waals surface area contributed by atoms with Gasteiger partial charge in [-0.2, -0.15) is 0 Å². The van der Waals surface area contributed by atoms with Gasteiger partial charge in [0.1, 0.15) is 5.52 Å². The van der Waals surface area contributed by atoms with Crippen LogP contribution in [0.2, 0.25) is 0 Å². The molecule has 130 valence electrons. The highest BCUT2D eigenvalue weighted by Gasteiger charge is 2.16. The average molecular weight is 421 g/mol. The van der Waals surface area contributed by atoms with Gasteiger partial charge in [-0.15, -0.1) is 0 Å². The summed E-state index contributed by atoms with van der Waals surface area (Å²) in [6, 6.07) is 10.6. The minimum Gasteiger partial charge on any atom is -0.379 e. The van der Waals surface area contributed by atoms with Crippen molar-refractivity contribution in [1.29, 1.82) is 0 Å². The van der Waals surface area contributed by atoms with Crippen LogP contribution < -0.4 is 5.32 Å². The molecule has 2 heterocycles. The average Bonchev–Trinajstić information content (AvgIpc) is 2.59. The molecule has 3 aromatic rings. The van der Waals surface area contributed by atoms with Crippen LogP contribution in [0.5, 0.6) is 0 Å². The third-order valence-corrected chi connectivity index (χ3v) is 5.99. The first-order chi connectivity index (χ1) is 11.9. The quantitative estimate of drug-likeness (QED) is 0.685. The monoisotopic (exact) mass is 420 g/mol. The van der Waals surface area contributed by atoms with E-state index in [1.165, 1.54) is 18.4 Å². The molecule has 0 saturated carbocycles. The van der Waals surface area contributed by atoms with Crippen molar-refractivity contribution >= 4 is 42.7 Å². The molecule has 2 aromatic heterocycles. The number of rotatable bonds is 5. The highest BCUT2D eigenvalue weighted by molar-refractivity contribution is 9.10. The Labute approximate surface area is 155 Å². The van der Waals surface area contributed by atoms with Gasteiger partial charge in [0.05, 0.1) is 16.1 Å². The normalized spacial score (nSPS) is 11.8. The maximum absolute atomic E-state index is 12.1. The number of hydrogen-bond acceptors (Lipinski definition) is 5. The SMILES string of the molecule is CN(C)S(=O)(=O)c1ccc(CNc2ccnc3cc(Br)cnc23)cc1. The van der Waals surface area contributed by atoms with E-state index < -0.39 is 10.0 Å². The third kappa shape index (κ3) is 3.81. The second-order valence-electron chi connectivity index (χ2n) is 5.66. The van der Waals surface area contributed by atoms with Gasteiger partial charge in [-0.1, -0.05) is 12.1 Å². The first-order valence-electron chi connectivity index (χ1n) is 7.53. The predicted octanol–water partition coefficient (Wildman–Crippen LogP) is 3.25. The van der Waals surface area contributed by atoms with E-state index in [0.717, 1.165) is 26.8 Å². The lowest BCUT2D eigenvalue weighted by Crippen LogP contribution is -2.22. The Morgan fingerprint density at radius 1 is 1.12 bits per heavy atom. The summed E-state index contributed by atoms with van der Waals surface area (Å²) in [6.45, 7) is 0.555. The van der Waals surface area contributed by atoms with E-state index in [1.54, 1.807) is 36.7 Å². The first-order valence-corrected chi connectivity index (χ1v) is 9.77. The number of hydrogen-bond donors (Lipinski definition) is 1. The molecular weight excluding hydrogens is 404 g/mol. The van der Waals surface area contributed by atoms with Crippen molar-refractivity contribution in [3.05, 3.63) is 58.8 Å². The minimum absolute atomic E-state index is 0.280. The maximum Gasteiger partial charge on any atom is 0.242 e. The molecular formula is C17H17BrN4O2S. The van der Waals surface area contributed by atoms with Gasteiger partial charge in [0.15, 0.2) is 0 Å². The molecule has 0 bridgehead atoms. The van der Waals surface area contributed by atoms with Crippen LogP contribution in [0, 0.1) is 0 Å². The number of nitrogens with one attached hydrogen (secondary N) is 1. The number of halogens is 1. The van der Waals surface area contributed by atoms with Gasteiger partial charge in [0, 0.05) is 37.5 Å². The molecule has 0 aliphatic rings. The summed E-state index contributed by atoms with van der Waals surface area (Å²) in [6.07, 6.45) is 3.46. The summed E-state index contributed by atoms with van der Waals surface area (Å²) in [5.41, 5.74) is 3.44. The van der Waals surface area contributed by atoms with Gasteiger partial charge < -0.3 is 5.32 Å². The Bertz CT molecular complexity index is 1000. The van der Waals surface area contributed by atoms with Crippen LogP contribution >= 0.6 is 15.9 Å².